The molecule has 0 bridgehead atoms. The predicted octanol–water partition coefficient (Wildman–Crippen LogP) is 1.44. The Morgan fingerprint density at radius 2 is 1.85 bits per heavy atom. The summed E-state index contributed by atoms with van der Waals surface area (Å²) in [4.78, 5) is 0. The number of benzene rings is 1. The molecule has 0 atom stereocenters. The van der Waals surface area contributed by atoms with Crippen LogP contribution in [-0.4, -0.2) is 13.2 Å². The van der Waals surface area contributed by atoms with Crippen LogP contribution in [0.3, 0.4) is 0 Å². The number of hydrogen-bond acceptors (Lipinski definition) is 2. The lowest BCUT2D eigenvalue weighted by atomic mass is 10.3. The normalized spacial score (nSPS) is 10.2. The van der Waals surface area contributed by atoms with Crippen LogP contribution >= 0.6 is 0 Å². The number of ether oxygens (including phenoxy) is 1. The standard InChI is InChI=1S/C8H8F3NO/c9-5-1-2-6(13-4-3-12)8(11)7(5)10/h1-2H,3-4,12H2. The van der Waals surface area contributed by atoms with Crippen LogP contribution in [0.15, 0.2) is 12.1 Å². The second kappa shape index (κ2) is 4.13. The van der Waals surface area contributed by atoms with Gasteiger partial charge in [-0.3, -0.25) is 0 Å². The summed E-state index contributed by atoms with van der Waals surface area (Å²) in [7, 11) is 0. The minimum Gasteiger partial charge on any atom is -0.489 e. The third-order valence-electron chi connectivity index (χ3n) is 1.38. The van der Waals surface area contributed by atoms with Gasteiger partial charge in [0.05, 0.1) is 0 Å². The predicted molar refractivity (Wildman–Crippen MR) is 40.9 cm³/mol. The lowest BCUT2D eigenvalue weighted by Crippen LogP contribution is -2.11. The Labute approximate surface area is 73.1 Å². The number of rotatable bonds is 3. The van der Waals surface area contributed by atoms with Crippen LogP contribution in [0.25, 0.3) is 0 Å². The minimum atomic E-state index is -1.53. The van der Waals surface area contributed by atoms with Gasteiger partial charge in [0.15, 0.2) is 17.4 Å². The Kier molecular flexibility index (Phi) is 3.13. The van der Waals surface area contributed by atoms with Gasteiger partial charge < -0.3 is 10.5 Å². The van der Waals surface area contributed by atoms with Crippen molar-refractivity contribution in [1.82, 2.24) is 0 Å². The average Bonchev–Trinajstić information content (AvgIpc) is 2.13. The topological polar surface area (TPSA) is 35.2 Å². The van der Waals surface area contributed by atoms with Gasteiger partial charge in [-0.15, -0.1) is 0 Å². The molecule has 0 amide bonds. The maximum absolute atomic E-state index is 12.8. The maximum Gasteiger partial charge on any atom is 0.203 e. The Hall–Kier alpha value is -1.23. The quantitative estimate of drug-likeness (QED) is 0.733. The van der Waals surface area contributed by atoms with E-state index in [1.807, 2.05) is 0 Å². The maximum atomic E-state index is 12.8. The van der Waals surface area contributed by atoms with Crippen molar-refractivity contribution in [2.45, 2.75) is 0 Å². The Bertz CT molecular complexity index is 304. The van der Waals surface area contributed by atoms with Gasteiger partial charge in [0.25, 0.3) is 0 Å². The zero-order valence-corrected chi connectivity index (χ0v) is 6.69. The van der Waals surface area contributed by atoms with Gasteiger partial charge in [-0.05, 0) is 12.1 Å². The molecule has 0 heterocycles. The first-order chi connectivity index (χ1) is 6.16. The molecule has 0 aliphatic heterocycles. The monoisotopic (exact) mass is 191 g/mol. The van der Waals surface area contributed by atoms with E-state index in [-0.39, 0.29) is 18.9 Å². The summed E-state index contributed by atoms with van der Waals surface area (Å²) >= 11 is 0. The van der Waals surface area contributed by atoms with Crippen LogP contribution in [0.5, 0.6) is 5.75 Å². The summed E-state index contributed by atoms with van der Waals surface area (Å²) in [6, 6.07) is 1.81. The van der Waals surface area contributed by atoms with Crippen molar-refractivity contribution in [3.05, 3.63) is 29.6 Å². The van der Waals surface area contributed by atoms with E-state index in [9.17, 15) is 13.2 Å². The van der Waals surface area contributed by atoms with Crippen molar-refractivity contribution in [1.29, 1.82) is 0 Å². The summed E-state index contributed by atoms with van der Waals surface area (Å²) < 4.78 is 42.5. The molecule has 1 aromatic carbocycles. The lowest BCUT2D eigenvalue weighted by Gasteiger charge is -2.05. The molecule has 72 valence electrons. The fourth-order valence-corrected chi connectivity index (χ4v) is 0.789. The summed E-state index contributed by atoms with van der Waals surface area (Å²) in [5.41, 5.74) is 5.08. The molecular formula is C8H8F3NO. The van der Waals surface area contributed by atoms with E-state index in [4.69, 9.17) is 10.5 Å². The molecule has 0 unspecified atom stereocenters. The second-order valence-electron chi connectivity index (χ2n) is 2.31. The van der Waals surface area contributed by atoms with Gasteiger partial charge in [-0.1, -0.05) is 0 Å². The van der Waals surface area contributed by atoms with Crippen molar-refractivity contribution in [3.8, 4) is 5.75 Å². The molecule has 0 fully saturated rings. The fraction of sp³-hybridized carbons (Fsp3) is 0.250. The number of nitrogens with two attached hydrogens (primary N) is 1. The van der Waals surface area contributed by atoms with E-state index in [1.165, 1.54) is 0 Å². The van der Waals surface area contributed by atoms with Crippen LogP contribution in [-0.2, 0) is 0 Å². The first-order valence-electron chi connectivity index (χ1n) is 3.63. The molecule has 2 nitrogen and oxygen atoms in total. The molecular weight excluding hydrogens is 183 g/mol. The third kappa shape index (κ3) is 2.12. The van der Waals surface area contributed by atoms with Crippen LogP contribution < -0.4 is 10.5 Å². The average molecular weight is 191 g/mol. The third-order valence-corrected chi connectivity index (χ3v) is 1.38. The van der Waals surface area contributed by atoms with E-state index in [1.54, 1.807) is 0 Å². The van der Waals surface area contributed by atoms with Crippen molar-refractivity contribution < 1.29 is 17.9 Å². The molecule has 1 rings (SSSR count). The van der Waals surface area contributed by atoms with Gasteiger partial charge in [0.2, 0.25) is 5.82 Å². The molecule has 2 N–H and O–H groups in total. The molecule has 13 heavy (non-hydrogen) atoms. The highest BCUT2D eigenvalue weighted by Crippen LogP contribution is 2.21. The first kappa shape index (κ1) is 9.85. The van der Waals surface area contributed by atoms with E-state index < -0.39 is 17.5 Å². The summed E-state index contributed by atoms with van der Waals surface area (Å²) in [5.74, 6) is -4.43. The van der Waals surface area contributed by atoms with E-state index in [0.717, 1.165) is 12.1 Å². The molecule has 0 radical (unpaired) electrons. The molecule has 0 saturated carbocycles. The van der Waals surface area contributed by atoms with Crippen LogP contribution in [0.2, 0.25) is 0 Å². The second-order valence-corrected chi connectivity index (χ2v) is 2.31. The zero-order chi connectivity index (χ0) is 9.84. The van der Waals surface area contributed by atoms with Crippen LogP contribution in [0.1, 0.15) is 0 Å². The molecule has 0 spiro atoms. The highest BCUT2D eigenvalue weighted by atomic mass is 19.2. The number of hydrogen-bond donors (Lipinski definition) is 1. The molecule has 0 aliphatic rings. The Morgan fingerprint density at radius 3 is 2.46 bits per heavy atom. The summed E-state index contributed by atoms with van der Waals surface area (Å²) in [6.07, 6.45) is 0. The molecule has 0 aromatic heterocycles. The summed E-state index contributed by atoms with van der Waals surface area (Å²) in [5, 5.41) is 0. The van der Waals surface area contributed by atoms with Crippen LogP contribution in [0, 0.1) is 17.5 Å². The van der Waals surface area contributed by atoms with Gasteiger partial charge in [0, 0.05) is 6.54 Å². The fourth-order valence-electron chi connectivity index (χ4n) is 0.789. The van der Waals surface area contributed by atoms with Crippen molar-refractivity contribution >= 4 is 0 Å². The minimum absolute atomic E-state index is 0.0575. The first-order valence-corrected chi connectivity index (χ1v) is 3.63. The van der Waals surface area contributed by atoms with Crippen molar-refractivity contribution in [3.63, 3.8) is 0 Å². The smallest absolute Gasteiger partial charge is 0.203 e. The number of halogens is 3. The Balaban J connectivity index is 2.90. The highest BCUT2D eigenvalue weighted by molar-refractivity contribution is 5.26. The SMILES string of the molecule is NCCOc1ccc(F)c(F)c1F. The lowest BCUT2D eigenvalue weighted by molar-refractivity contribution is 0.300. The highest BCUT2D eigenvalue weighted by Gasteiger charge is 2.13. The van der Waals surface area contributed by atoms with E-state index in [2.05, 4.69) is 0 Å². The molecule has 0 saturated heterocycles. The van der Waals surface area contributed by atoms with Gasteiger partial charge >= 0.3 is 0 Å². The molecule has 0 aliphatic carbocycles. The largest absolute Gasteiger partial charge is 0.489 e. The van der Waals surface area contributed by atoms with Gasteiger partial charge in [-0.2, -0.15) is 4.39 Å². The van der Waals surface area contributed by atoms with Gasteiger partial charge in [-0.25, -0.2) is 8.78 Å². The van der Waals surface area contributed by atoms with E-state index in [0.29, 0.717) is 0 Å². The summed E-state index contributed by atoms with van der Waals surface area (Å²) in [6.45, 7) is 0.237. The molecule has 5 heteroatoms. The van der Waals surface area contributed by atoms with Crippen LogP contribution in [0.4, 0.5) is 13.2 Å². The zero-order valence-electron chi connectivity index (χ0n) is 6.69. The van der Waals surface area contributed by atoms with Gasteiger partial charge in [0.1, 0.15) is 6.61 Å². The van der Waals surface area contributed by atoms with Crippen molar-refractivity contribution in [2.75, 3.05) is 13.2 Å². The van der Waals surface area contributed by atoms with E-state index >= 15 is 0 Å². The Morgan fingerprint density at radius 1 is 1.15 bits per heavy atom. The molecule has 1 aromatic rings. The van der Waals surface area contributed by atoms with Crippen molar-refractivity contribution in [2.24, 2.45) is 5.73 Å².